The molecule has 0 aliphatic carbocycles. The first-order valence-electron chi connectivity index (χ1n) is 8.65. The van der Waals surface area contributed by atoms with Gasteiger partial charge in [-0.1, -0.05) is 35.9 Å². The molecule has 0 unspecified atom stereocenters. The zero-order chi connectivity index (χ0) is 18.1. The number of nitrogens with zero attached hydrogens (tertiary/aromatic N) is 4. The van der Waals surface area contributed by atoms with Gasteiger partial charge in [0.15, 0.2) is 5.82 Å². The van der Waals surface area contributed by atoms with Crippen molar-refractivity contribution in [1.29, 1.82) is 0 Å². The Kier molecular flexibility index (Phi) is 4.13. The van der Waals surface area contributed by atoms with Crippen molar-refractivity contribution in [2.45, 2.75) is 20.4 Å². The highest BCUT2D eigenvalue weighted by atomic mass is 15.3. The average molecular weight is 343 g/mol. The number of aromatic nitrogens is 4. The molecule has 2 aromatic heterocycles. The van der Waals surface area contributed by atoms with Crippen LogP contribution in [0.2, 0.25) is 0 Å². The SMILES string of the molecule is CN=Cc1ccc2nc(-c3cc(C)n(Cc4ccc(C)cc4)n3)[nH]c2c1. The first-order chi connectivity index (χ1) is 12.6. The molecule has 2 heterocycles. The molecule has 0 spiro atoms. The Morgan fingerprint density at radius 1 is 1.08 bits per heavy atom. The van der Waals surface area contributed by atoms with Crippen molar-refractivity contribution in [2.24, 2.45) is 4.99 Å². The van der Waals surface area contributed by atoms with Crippen LogP contribution in [0.15, 0.2) is 53.5 Å². The van der Waals surface area contributed by atoms with Gasteiger partial charge in [0.1, 0.15) is 5.69 Å². The quantitative estimate of drug-likeness (QED) is 0.566. The van der Waals surface area contributed by atoms with Gasteiger partial charge in [0.25, 0.3) is 0 Å². The first-order valence-corrected chi connectivity index (χ1v) is 8.65. The summed E-state index contributed by atoms with van der Waals surface area (Å²) in [6.07, 6.45) is 1.83. The molecule has 4 aromatic rings. The molecule has 0 aliphatic heterocycles. The molecule has 4 rings (SSSR count). The Labute approximate surface area is 152 Å². The fraction of sp³-hybridized carbons (Fsp3) is 0.190. The number of aromatic amines is 1. The maximum absolute atomic E-state index is 4.75. The molecule has 0 aliphatic rings. The topological polar surface area (TPSA) is 58.9 Å². The third kappa shape index (κ3) is 3.16. The van der Waals surface area contributed by atoms with Crippen LogP contribution in [0.3, 0.4) is 0 Å². The maximum Gasteiger partial charge on any atom is 0.159 e. The van der Waals surface area contributed by atoms with Crippen LogP contribution in [0.4, 0.5) is 0 Å². The number of rotatable bonds is 4. The number of hydrogen-bond acceptors (Lipinski definition) is 3. The van der Waals surface area contributed by atoms with E-state index in [4.69, 9.17) is 5.10 Å². The van der Waals surface area contributed by atoms with E-state index >= 15 is 0 Å². The van der Waals surface area contributed by atoms with Gasteiger partial charge in [-0.3, -0.25) is 9.67 Å². The number of fused-ring (bicyclic) bond motifs is 1. The molecule has 5 heteroatoms. The molecule has 0 radical (unpaired) electrons. The van der Waals surface area contributed by atoms with Crippen molar-refractivity contribution >= 4 is 17.2 Å². The summed E-state index contributed by atoms with van der Waals surface area (Å²) < 4.78 is 2.02. The molecule has 0 saturated heterocycles. The second-order valence-corrected chi connectivity index (χ2v) is 6.56. The molecule has 5 nitrogen and oxygen atoms in total. The summed E-state index contributed by atoms with van der Waals surface area (Å²) in [5, 5.41) is 4.75. The molecule has 0 fully saturated rings. The summed E-state index contributed by atoms with van der Waals surface area (Å²) in [5.74, 6) is 0.788. The minimum atomic E-state index is 0.753. The molecule has 0 atom stereocenters. The highest BCUT2D eigenvalue weighted by Gasteiger charge is 2.11. The Balaban J connectivity index is 1.65. The van der Waals surface area contributed by atoms with E-state index in [0.29, 0.717) is 0 Å². The van der Waals surface area contributed by atoms with Crippen molar-refractivity contribution in [1.82, 2.24) is 19.7 Å². The summed E-state index contributed by atoms with van der Waals surface area (Å²) >= 11 is 0. The Morgan fingerprint density at radius 2 is 1.88 bits per heavy atom. The van der Waals surface area contributed by atoms with Crippen molar-refractivity contribution in [3.8, 4) is 11.5 Å². The van der Waals surface area contributed by atoms with Gasteiger partial charge in [-0.25, -0.2) is 4.98 Å². The lowest BCUT2D eigenvalue weighted by molar-refractivity contribution is 0.666. The Morgan fingerprint density at radius 3 is 2.65 bits per heavy atom. The van der Waals surface area contributed by atoms with Gasteiger partial charge in [-0.05, 0) is 43.2 Å². The number of benzene rings is 2. The van der Waals surface area contributed by atoms with Crippen molar-refractivity contribution in [2.75, 3.05) is 7.05 Å². The minimum Gasteiger partial charge on any atom is -0.337 e. The van der Waals surface area contributed by atoms with E-state index in [-0.39, 0.29) is 0 Å². The Bertz CT molecular complexity index is 1080. The second kappa shape index (κ2) is 6.59. The average Bonchev–Trinajstić information content (AvgIpc) is 3.21. The maximum atomic E-state index is 4.75. The molecule has 130 valence electrons. The number of hydrogen-bond donors (Lipinski definition) is 1. The van der Waals surface area contributed by atoms with E-state index in [9.17, 15) is 0 Å². The van der Waals surface area contributed by atoms with Gasteiger partial charge in [0, 0.05) is 19.0 Å². The number of aryl methyl sites for hydroxylation is 2. The summed E-state index contributed by atoms with van der Waals surface area (Å²) in [6.45, 7) is 4.92. The van der Waals surface area contributed by atoms with Gasteiger partial charge in [0.05, 0.1) is 17.6 Å². The predicted octanol–water partition coefficient (Wildman–Crippen LogP) is 4.14. The lowest BCUT2D eigenvalue weighted by Crippen LogP contribution is -2.03. The van der Waals surface area contributed by atoms with Crippen LogP contribution < -0.4 is 0 Å². The molecule has 1 N–H and O–H groups in total. The molecule has 0 amide bonds. The van der Waals surface area contributed by atoms with Crippen LogP contribution in [-0.4, -0.2) is 33.0 Å². The molecule has 26 heavy (non-hydrogen) atoms. The molecule has 2 aromatic carbocycles. The third-order valence-corrected chi connectivity index (χ3v) is 4.46. The van der Waals surface area contributed by atoms with Gasteiger partial charge >= 0.3 is 0 Å². The molecular formula is C21H21N5. The largest absolute Gasteiger partial charge is 0.337 e. The van der Waals surface area contributed by atoms with E-state index in [2.05, 4.69) is 65.2 Å². The van der Waals surface area contributed by atoms with Crippen LogP contribution in [0.1, 0.15) is 22.4 Å². The van der Waals surface area contributed by atoms with E-state index in [1.807, 2.05) is 23.0 Å². The predicted molar refractivity (Wildman–Crippen MR) is 106 cm³/mol. The fourth-order valence-electron chi connectivity index (χ4n) is 3.03. The summed E-state index contributed by atoms with van der Waals surface area (Å²) in [6, 6.07) is 16.7. The number of imidazole rings is 1. The fourth-order valence-corrected chi connectivity index (χ4v) is 3.03. The first kappa shape index (κ1) is 16.3. The van der Waals surface area contributed by atoms with E-state index in [0.717, 1.165) is 40.4 Å². The minimum absolute atomic E-state index is 0.753. The molecule has 0 saturated carbocycles. The second-order valence-electron chi connectivity index (χ2n) is 6.56. The Hall–Kier alpha value is -3.21. The normalized spacial score (nSPS) is 11.7. The van der Waals surface area contributed by atoms with Gasteiger partial charge < -0.3 is 4.98 Å². The lowest BCUT2D eigenvalue weighted by Gasteiger charge is -2.04. The molecular weight excluding hydrogens is 322 g/mol. The molecule has 0 bridgehead atoms. The van der Waals surface area contributed by atoms with Gasteiger partial charge in [0.2, 0.25) is 0 Å². The lowest BCUT2D eigenvalue weighted by atomic mass is 10.1. The van der Waals surface area contributed by atoms with Crippen molar-refractivity contribution in [3.05, 3.63) is 70.9 Å². The van der Waals surface area contributed by atoms with E-state index in [1.165, 1.54) is 11.1 Å². The number of nitrogens with one attached hydrogen (secondary N) is 1. The van der Waals surface area contributed by atoms with E-state index < -0.39 is 0 Å². The van der Waals surface area contributed by atoms with Gasteiger partial charge in [-0.15, -0.1) is 0 Å². The van der Waals surface area contributed by atoms with Crippen LogP contribution >= 0.6 is 0 Å². The summed E-state index contributed by atoms with van der Waals surface area (Å²) in [7, 11) is 1.77. The van der Waals surface area contributed by atoms with Gasteiger partial charge in [-0.2, -0.15) is 5.10 Å². The van der Waals surface area contributed by atoms with Crippen LogP contribution in [0.25, 0.3) is 22.6 Å². The van der Waals surface area contributed by atoms with Crippen molar-refractivity contribution < 1.29 is 0 Å². The van der Waals surface area contributed by atoms with Crippen molar-refractivity contribution in [3.63, 3.8) is 0 Å². The zero-order valence-electron chi connectivity index (χ0n) is 15.2. The van der Waals surface area contributed by atoms with Crippen LogP contribution in [0, 0.1) is 13.8 Å². The zero-order valence-corrected chi connectivity index (χ0v) is 15.2. The van der Waals surface area contributed by atoms with Crippen LogP contribution in [0.5, 0.6) is 0 Å². The third-order valence-electron chi connectivity index (χ3n) is 4.46. The smallest absolute Gasteiger partial charge is 0.159 e. The highest BCUT2D eigenvalue weighted by Crippen LogP contribution is 2.21. The summed E-state index contributed by atoms with van der Waals surface area (Å²) in [4.78, 5) is 12.1. The number of aliphatic imine (C=N–C) groups is 1. The summed E-state index contributed by atoms with van der Waals surface area (Å²) in [5.41, 5.74) is 7.44. The number of H-pyrrole nitrogens is 1. The van der Waals surface area contributed by atoms with Crippen LogP contribution in [-0.2, 0) is 6.54 Å². The van der Waals surface area contributed by atoms with E-state index in [1.54, 1.807) is 7.05 Å². The monoisotopic (exact) mass is 343 g/mol. The highest BCUT2D eigenvalue weighted by molar-refractivity contribution is 5.88. The standard InChI is InChI=1S/C21H21N5/c1-14-4-6-16(7-5-14)13-26-15(2)10-20(25-26)21-23-18-9-8-17(12-22-3)11-19(18)24-21/h4-12H,13H2,1-3H3,(H,23,24).